The smallest absolute Gasteiger partial charge is 0.307 e. The van der Waals surface area contributed by atoms with Gasteiger partial charge < -0.3 is 9.84 Å². The Labute approximate surface area is 236 Å². The van der Waals surface area contributed by atoms with Gasteiger partial charge in [0.2, 0.25) is 0 Å². The van der Waals surface area contributed by atoms with Gasteiger partial charge >= 0.3 is 5.97 Å². The summed E-state index contributed by atoms with van der Waals surface area (Å²) >= 11 is 0. The molecule has 1 fully saturated rings. The Bertz CT molecular complexity index is 1610. The van der Waals surface area contributed by atoms with E-state index < -0.39 is 41.0 Å². The van der Waals surface area contributed by atoms with Crippen molar-refractivity contribution in [3.63, 3.8) is 0 Å². The molecule has 1 N–H and O–H groups in total. The minimum atomic E-state index is -3.23. The number of carbonyl (C=O) groups is 1. The normalized spacial score (nSPS) is 23.7. The second-order valence-electron chi connectivity index (χ2n) is 12.4. The van der Waals surface area contributed by atoms with E-state index in [9.17, 15) is 23.1 Å². The Morgan fingerprint density at radius 2 is 1.76 bits per heavy atom. The number of rotatable bonds is 6. The highest BCUT2D eigenvalue weighted by molar-refractivity contribution is 5.85. The predicted molar refractivity (Wildman–Crippen MR) is 149 cm³/mol. The van der Waals surface area contributed by atoms with Gasteiger partial charge in [-0.3, -0.25) is 4.79 Å². The average Bonchev–Trinajstić information content (AvgIpc) is 3.54. The van der Waals surface area contributed by atoms with Crippen LogP contribution in [0.15, 0.2) is 54.6 Å². The molecular weight excluding hydrogens is 532 g/mol. The highest BCUT2D eigenvalue weighted by Gasteiger charge is 2.65. The monoisotopic (exact) mass is 564 g/mol. The van der Waals surface area contributed by atoms with Crippen molar-refractivity contribution in [3.8, 4) is 16.9 Å². The van der Waals surface area contributed by atoms with Crippen molar-refractivity contribution in [2.75, 3.05) is 0 Å². The Morgan fingerprint density at radius 3 is 2.44 bits per heavy atom. The van der Waals surface area contributed by atoms with Crippen molar-refractivity contribution in [2.45, 2.75) is 70.8 Å². The summed E-state index contributed by atoms with van der Waals surface area (Å²) < 4.78 is 66.2. The Morgan fingerprint density at radius 1 is 0.976 bits per heavy atom. The maximum Gasteiger partial charge on any atom is 0.307 e. The molecule has 0 heterocycles. The molecule has 1 saturated carbocycles. The van der Waals surface area contributed by atoms with Crippen LogP contribution >= 0.6 is 0 Å². The van der Waals surface area contributed by atoms with Gasteiger partial charge in [0.1, 0.15) is 12.4 Å². The van der Waals surface area contributed by atoms with Crippen LogP contribution in [-0.2, 0) is 22.7 Å². The number of carboxylic acids is 1. The first-order valence-electron chi connectivity index (χ1n) is 14.0. The first kappa shape index (κ1) is 27.6. The molecule has 2 atom stereocenters. The Balaban J connectivity index is 1.36. The van der Waals surface area contributed by atoms with Crippen LogP contribution in [0.3, 0.4) is 0 Å². The van der Waals surface area contributed by atoms with Crippen LogP contribution in [0.25, 0.3) is 16.7 Å². The van der Waals surface area contributed by atoms with E-state index in [0.29, 0.717) is 11.1 Å². The van der Waals surface area contributed by atoms with Gasteiger partial charge in [-0.1, -0.05) is 43.7 Å². The second-order valence-corrected chi connectivity index (χ2v) is 12.4. The molecule has 0 unspecified atom stereocenters. The van der Waals surface area contributed by atoms with E-state index in [1.54, 1.807) is 12.1 Å². The summed E-state index contributed by atoms with van der Waals surface area (Å²) in [6.07, 6.45) is 3.58. The molecule has 214 valence electrons. The van der Waals surface area contributed by atoms with Crippen molar-refractivity contribution in [2.24, 2.45) is 11.3 Å². The number of aryl methyl sites for hydroxylation is 1. The van der Waals surface area contributed by atoms with Crippen LogP contribution in [0.2, 0.25) is 0 Å². The van der Waals surface area contributed by atoms with Gasteiger partial charge in [0.05, 0.1) is 5.92 Å². The van der Waals surface area contributed by atoms with Crippen LogP contribution in [0.1, 0.15) is 73.8 Å². The molecule has 0 radical (unpaired) electrons. The summed E-state index contributed by atoms with van der Waals surface area (Å²) in [5.41, 5.74) is 2.98. The van der Waals surface area contributed by atoms with Gasteiger partial charge in [0.15, 0.2) is 11.6 Å². The fourth-order valence-electron chi connectivity index (χ4n) is 6.89. The van der Waals surface area contributed by atoms with E-state index in [0.717, 1.165) is 35.1 Å². The molecule has 0 saturated heterocycles. The van der Waals surface area contributed by atoms with Gasteiger partial charge in [-0.15, -0.1) is 0 Å². The van der Waals surface area contributed by atoms with E-state index in [1.165, 1.54) is 18.2 Å². The number of hydrogen-bond acceptors (Lipinski definition) is 2. The van der Waals surface area contributed by atoms with E-state index in [4.69, 9.17) is 4.74 Å². The van der Waals surface area contributed by atoms with Crippen molar-refractivity contribution in [1.82, 2.24) is 0 Å². The average molecular weight is 565 g/mol. The maximum atomic E-state index is 15.9. The molecule has 3 aliphatic rings. The Hall–Kier alpha value is -3.61. The first-order valence-corrected chi connectivity index (χ1v) is 14.0. The highest BCUT2D eigenvalue weighted by atomic mass is 19.3. The fourth-order valence-corrected chi connectivity index (χ4v) is 6.89. The number of allylic oxidation sites excluding steroid dienone is 2. The van der Waals surface area contributed by atoms with Gasteiger partial charge in [0, 0.05) is 28.5 Å². The number of fused-ring (bicyclic) bond motifs is 2. The summed E-state index contributed by atoms with van der Waals surface area (Å²) in [5, 5.41) is 9.56. The summed E-state index contributed by atoms with van der Waals surface area (Å²) in [6, 6.07) is 13.0. The summed E-state index contributed by atoms with van der Waals surface area (Å²) in [4.78, 5) is 11.7. The van der Waals surface area contributed by atoms with E-state index >= 15 is 4.39 Å². The second kappa shape index (κ2) is 9.47. The largest absolute Gasteiger partial charge is 0.486 e. The maximum absolute atomic E-state index is 15.9. The van der Waals surface area contributed by atoms with Gasteiger partial charge in [0.25, 0.3) is 5.92 Å². The number of aliphatic carboxylic acids is 1. The predicted octanol–water partition coefficient (Wildman–Crippen LogP) is 8.95. The van der Waals surface area contributed by atoms with Crippen LogP contribution in [0.4, 0.5) is 17.6 Å². The first-order chi connectivity index (χ1) is 19.3. The van der Waals surface area contributed by atoms with Crippen LogP contribution in [0.5, 0.6) is 5.75 Å². The lowest BCUT2D eigenvalue weighted by Crippen LogP contribution is -2.31. The van der Waals surface area contributed by atoms with Crippen molar-refractivity contribution in [3.05, 3.63) is 94.1 Å². The standard InChI is InChI=1S/C34H32F4O3/c1-19-6-10-27(35)23(15-19)21-8-7-20(16-22(21)24-5-4-12-32(24,2)3)18-41-28-11-9-25-29(30(28)36)33(13-14-34(25,37)38)17-26(33)31(39)40/h5-11,15-16,26H,4,12-14,17-18H2,1-3H3,(H,39,40)/t26-,33+/m0/s1. The zero-order valence-electron chi connectivity index (χ0n) is 23.3. The van der Waals surface area contributed by atoms with Gasteiger partial charge in [-0.2, -0.15) is 0 Å². The third-order valence-electron chi connectivity index (χ3n) is 9.28. The molecule has 0 aromatic heterocycles. The molecule has 3 aromatic carbocycles. The zero-order chi connectivity index (χ0) is 29.3. The summed E-state index contributed by atoms with van der Waals surface area (Å²) in [6.45, 7) is 6.18. The lowest BCUT2D eigenvalue weighted by Gasteiger charge is -2.33. The molecule has 7 heteroatoms. The lowest BCUT2D eigenvalue weighted by atomic mass is 9.76. The van der Waals surface area contributed by atoms with Crippen molar-refractivity contribution >= 4 is 11.5 Å². The van der Waals surface area contributed by atoms with E-state index in [1.807, 2.05) is 25.1 Å². The SMILES string of the molecule is Cc1ccc(F)c(-c2ccc(COc3ccc4c(c3F)[C@]3(CCC4(F)F)C[C@H]3C(=O)O)cc2C2=CCCC2(C)C)c1. The molecule has 3 aromatic rings. The molecule has 3 aliphatic carbocycles. The highest BCUT2D eigenvalue weighted by Crippen LogP contribution is 2.65. The minimum Gasteiger partial charge on any atom is -0.486 e. The number of benzene rings is 3. The quantitative estimate of drug-likeness (QED) is 0.304. The third kappa shape index (κ3) is 4.54. The zero-order valence-corrected chi connectivity index (χ0v) is 23.3. The summed E-state index contributed by atoms with van der Waals surface area (Å²) in [7, 11) is 0. The van der Waals surface area contributed by atoms with Gasteiger partial charge in [-0.25, -0.2) is 17.6 Å². The molecule has 0 aliphatic heterocycles. The molecular formula is C34H32F4O3. The molecule has 6 rings (SSSR count). The van der Waals surface area contributed by atoms with Gasteiger partial charge in [-0.05, 0) is 90.6 Å². The Kier molecular flexibility index (Phi) is 6.36. The fraction of sp³-hybridized carbons (Fsp3) is 0.382. The molecule has 3 nitrogen and oxygen atoms in total. The number of alkyl halides is 2. The molecule has 1 spiro atoms. The molecule has 41 heavy (non-hydrogen) atoms. The summed E-state index contributed by atoms with van der Waals surface area (Å²) in [5.74, 6) is -6.64. The van der Waals surface area contributed by atoms with E-state index in [-0.39, 0.29) is 42.0 Å². The lowest BCUT2D eigenvalue weighted by molar-refractivity contribution is -0.139. The number of hydrogen-bond donors (Lipinski definition) is 1. The minimum absolute atomic E-state index is 0.0429. The topological polar surface area (TPSA) is 46.5 Å². The molecule has 0 bridgehead atoms. The number of ether oxygens (including phenoxy) is 1. The third-order valence-corrected chi connectivity index (χ3v) is 9.28. The van der Waals surface area contributed by atoms with Crippen molar-refractivity contribution < 1.29 is 32.2 Å². The molecule has 0 amide bonds. The van der Waals surface area contributed by atoms with Crippen LogP contribution in [-0.4, -0.2) is 11.1 Å². The van der Waals surface area contributed by atoms with E-state index in [2.05, 4.69) is 19.9 Å². The van der Waals surface area contributed by atoms with Crippen molar-refractivity contribution in [1.29, 1.82) is 0 Å². The number of carboxylic acid groups (broad SMARTS) is 1. The number of halogens is 4. The van der Waals surface area contributed by atoms with Crippen LogP contribution < -0.4 is 4.74 Å². The van der Waals surface area contributed by atoms with Crippen LogP contribution in [0, 0.1) is 29.9 Å².